The molecule has 130 valence electrons. The molecular weight excluding hydrogens is 345 g/mol. The number of rotatable bonds is 3. The van der Waals surface area contributed by atoms with Crippen LogP contribution >= 0.6 is 11.8 Å². The Kier molecular flexibility index (Phi) is 4.24. The van der Waals surface area contributed by atoms with Crippen LogP contribution in [-0.2, 0) is 0 Å². The fourth-order valence-electron chi connectivity index (χ4n) is 3.16. The van der Waals surface area contributed by atoms with Crippen LogP contribution in [0.4, 0.5) is 4.39 Å². The third kappa shape index (κ3) is 2.88. The van der Waals surface area contributed by atoms with Crippen LogP contribution in [0, 0.1) is 19.7 Å². The first-order chi connectivity index (χ1) is 12.6. The number of benzene rings is 1. The lowest BCUT2D eigenvalue weighted by molar-refractivity contribution is 0.612. The third-order valence-corrected chi connectivity index (χ3v) is 5.31. The summed E-state index contributed by atoms with van der Waals surface area (Å²) in [6, 6.07) is 10.4. The predicted molar refractivity (Wildman–Crippen MR) is 106 cm³/mol. The van der Waals surface area contributed by atoms with Crippen LogP contribution in [-0.4, -0.2) is 21.2 Å². The van der Waals surface area contributed by atoms with Gasteiger partial charge in [0.25, 0.3) is 0 Å². The Morgan fingerprint density at radius 1 is 1.00 bits per heavy atom. The van der Waals surface area contributed by atoms with Crippen molar-refractivity contribution in [3.63, 3.8) is 0 Å². The zero-order valence-corrected chi connectivity index (χ0v) is 15.6. The molecule has 0 fully saturated rings. The summed E-state index contributed by atoms with van der Waals surface area (Å²) in [5, 5.41) is 2.10. The highest BCUT2D eigenvalue weighted by Crippen LogP contribution is 2.31. The third-order valence-electron chi connectivity index (χ3n) is 4.67. The van der Waals surface area contributed by atoms with Crippen LogP contribution < -0.4 is 0 Å². The molecule has 26 heavy (non-hydrogen) atoms. The molecule has 1 N–H and O–H groups in total. The summed E-state index contributed by atoms with van der Waals surface area (Å²) >= 11 is 1.64. The second-order valence-electron chi connectivity index (χ2n) is 6.32. The quantitative estimate of drug-likeness (QED) is 0.470. The van der Waals surface area contributed by atoms with Crippen LogP contribution in [0.3, 0.4) is 0 Å². The van der Waals surface area contributed by atoms with Crippen molar-refractivity contribution < 1.29 is 4.39 Å². The molecule has 3 nitrogen and oxygen atoms in total. The van der Waals surface area contributed by atoms with Gasteiger partial charge in [-0.25, -0.2) is 9.37 Å². The molecule has 4 aromatic rings. The highest BCUT2D eigenvalue weighted by Gasteiger charge is 2.11. The Balaban J connectivity index is 1.80. The number of H-pyrrole nitrogens is 1. The first kappa shape index (κ1) is 16.8. The number of thioether (sulfide) groups is 1. The van der Waals surface area contributed by atoms with E-state index in [9.17, 15) is 4.39 Å². The standard InChI is InChI=1S/C21H18FN3S/c1-12-6-21(26-3)24-10-16(12)14-4-5-19-15(7-14)8-20(25-19)17-9-23-11-18(22)13(17)2/h4-11,25H,1-3H3. The van der Waals surface area contributed by atoms with Crippen molar-refractivity contribution in [2.75, 3.05) is 6.26 Å². The summed E-state index contributed by atoms with van der Waals surface area (Å²) in [4.78, 5) is 11.8. The summed E-state index contributed by atoms with van der Waals surface area (Å²) in [6.45, 7) is 3.87. The summed E-state index contributed by atoms with van der Waals surface area (Å²) in [7, 11) is 0. The van der Waals surface area contributed by atoms with Crippen LogP contribution in [0.25, 0.3) is 33.3 Å². The molecule has 3 aromatic heterocycles. The average molecular weight is 363 g/mol. The molecule has 5 heteroatoms. The van der Waals surface area contributed by atoms with Crippen LogP contribution in [0.15, 0.2) is 53.9 Å². The van der Waals surface area contributed by atoms with Gasteiger partial charge in [-0.2, -0.15) is 0 Å². The smallest absolute Gasteiger partial charge is 0.145 e. The number of nitrogens with zero attached hydrogens (tertiary/aromatic N) is 2. The van der Waals surface area contributed by atoms with Gasteiger partial charge in [0.05, 0.1) is 11.2 Å². The number of fused-ring (bicyclic) bond motifs is 1. The molecule has 0 saturated heterocycles. The van der Waals surface area contributed by atoms with Crippen molar-refractivity contribution in [3.05, 3.63) is 65.9 Å². The molecule has 1 aromatic carbocycles. The summed E-state index contributed by atoms with van der Waals surface area (Å²) in [5.41, 5.74) is 6.70. The summed E-state index contributed by atoms with van der Waals surface area (Å²) < 4.78 is 13.8. The summed E-state index contributed by atoms with van der Waals surface area (Å²) in [6.07, 6.45) is 6.89. The average Bonchev–Trinajstić information content (AvgIpc) is 3.06. The minimum Gasteiger partial charge on any atom is -0.354 e. The van der Waals surface area contributed by atoms with E-state index in [1.54, 1.807) is 24.9 Å². The van der Waals surface area contributed by atoms with Crippen molar-refractivity contribution in [1.82, 2.24) is 15.0 Å². The first-order valence-electron chi connectivity index (χ1n) is 8.31. The molecule has 0 atom stereocenters. The van der Waals surface area contributed by atoms with Crippen LogP contribution in [0.5, 0.6) is 0 Å². The first-order valence-corrected chi connectivity index (χ1v) is 9.53. The molecule has 0 bridgehead atoms. The maximum Gasteiger partial charge on any atom is 0.145 e. The number of aromatic amines is 1. The fraction of sp³-hybridized carbons (Fsp3) is 0.143. The molecule has 0 aliphatic rings. The van der Waals surface area contributed by atoms with Crippen LogP contribution in [0.1, 0.15) is 11.1 Å². The largest absolute Gasteiger partial charge is 0.354 e. The lowest BCUT2D eigenvalue weighted by atomic mass is 10.0. The van der Waals surface area contributed by atoms with E-state index >= 15 is 0 Å². The van der Waals surface area contributed by atoms with Crippen molar-refractivity contribution in [1.29, 1.82) is 0 Å². The highest BCUT2D eigenvalue weighted by atomic mass is 32.2. The Bertz CT molecular complexity index is 1120. The number of hydrogen-bond acceptors (Lipinski definition) is 3. The molecule has 3 heterocycles. The van der Waals surface area contributed by atoms with Gasteiger partial charge >= 0.3 is 0 Å². The molecule has 0 spiro atoms. The molecule has 0 aliphatic carbocycles. The van der Waals surface area contributed by atoms with E-state index in [2.05, 4.69) is 46.1 Å². The SMILES string of the molecule is CSc1cc(C)c(-c2ccc3[nH]c(-c4cncc(F)c4C)cc3c2)cn1. The zero-order chi connectivity index (χ0) is 18.3. The van der Waals surface area contributed by atoms with Crippen LogP contribution in [0.2, 0.25) is 0 Å². The molecule has 0 unspecified atom stereocenters. The van der Waals surface area contributed by atoms with Gasteiger partial charge in [0.15, 0.2) is 0 Å². The van der Waals surface area contributed by atoms with Gasteiger partial charge in [0, 0.05) is 40.1 Å². The van der Waals surface area contributed by atoms with Gasteiger partial charge in [0.1, 0.15) is 5.82 Å². The monoisotopic (exact) mass is 363 g/mol. The summed E-state index contributed by atoms with van der Waals surface area (Å²) in [5.74, 6) is -0.294. The Hall–Kier alpha value is -2.66. The Morgan fingerprint density at radius 3 is 2.62 bits per heavy atom. The van der Waals surface area contributed by atoms with E-state index in [4.69, 9.17) is 0 Å². The molecule has 0 amide bonds. The van der Waals surface area contributed by atoms with Gasteiger partial charge in [-0.3, -0.25) is 4.98 Å². The van der Waals surface area contributed by atoms with Crippen molar-refractivity contribution in [2.45, 2.75) is 18.9 Å². The van der Waals surface area contributed by atoms with Gasteiger partial charge in [-0.15, -0.1) is 11.8 Å². The molecule has 0 radical (unpaired) electrons. The maximum atomic E-state index is 13.8. The number of pyridine rings is 2. The van der Waals surface area contributed by atoms with E-state index in [0.29, 0.717) is 5.56 Å². The molecule has 0 aliphatic heterocycles. The minimum absolute atomic E-state index is 0.294. The van der Waals surface area contributed by atoms with E-state index in [1.807, 2.05) is 18.5 Å². The maximum absolute atomic E-state index is 13.8. The van der Waals surface area contributed by atoms with E-state index in [1.165, 1.54) is 11.8 Å². The number of nitrogens with one attached hydrogen (secondary N) is 1. The van der Waals surface area contributed by atoms with Crippen molar-refractivity contribution >= 4 is 22.7 Å². The lowest BCUT2D eigenvalue weighted by Crippen LogP contribution is -1.90. The number of aromatic nitrogens is 3. The van der Waals surface area contributed by atoms with Crippen molar-refractivity contribution in [3.8, 4) is 22.4 Å². The van der Waals surface area contributed by atoms with E-state index < -0.39 is 0 Å². The number of halogens is 1. The number of hydrogen-bond donors (Lipinski definition) is 1. The van der Waals surface area contributed by atoms with Gasteiger partial charge in [-0.1, -0.05) is 6.07 Å². The highest BCUT2D eigenvalue weighted by molar-refractivity contribution is 7.98. The molecular formula is C21H18FN3S. The topological polar surface area (TPSA) is 41.6 Å². The lowest BCUT2D eigenvalue weighted by Gasteiger charge is -2.07. The predicted octanol–water partition coefficient (Wildman–Crippen LogP) is 5.77. The molecule has 0 saturated carbocycles. The second kappa shape index (κ2) is 6.57. The Labute approximate surface area is 155 Å². The van der Waals surface area contributed by atoms with Gasteiger partial charge in [-0.05, 0) is 61.1 Å². The van der Waals surface area contributed by atoms with E-state index in [0.717, 1.165) is 38.3 Å². The van der Waals surface area contributed by atoms with Gasteiger partial charge < -0.3 is 4.98 Å². The van der Waals surface area contributed by atoms with Crippen molar-refractivity contribution in [2.24, 2.45) is 0 Å². The molecule has 4 rings (SSSR count). The van der Waals surface area contributed by atoms with E-state index in [-0.39, 0.29) is 5.82 Å². The minimum atomic E-state index is -0.294. The normalized spacial score (nSPS) is 11.2. The number of aryl methyl sites for hydroxylation is 1. The second-order valence-corrected chi connectivity index (χ2v) is 7.15. The zero-order valence-electron chi connectivity index (χ0n) is 14.8. The Morgan fingerprint density at radius 2 is 1.85 bits per heavy atom. The van der Waals surface area contributed by atoms with Gasteiger partial charge in [0.2, 0.25) is 0 Å². The fourth-order valence-corrected chi connectivity index (χ4v) is 3.61.